The summed E-state index contributed by atoms with van der Waals surface area (Å²) in [7, 11) is 3.03. The normalized spacial score (nSPS) is 12.4. The largest absolute Gasteiger partial charge is 0.497 e. The fraction of sp³-hybridized carbons (Fsp3) is 0.304. The predicted octanol–water partition coefficient (Wildman–Crippen LogP) is 5.05. The monoisotopic (exact) mass is 503 g/mol. The first kappa shape index (κ1) is 25.3. The number of nitrogens with zero attached hydrogens (tertiary/aromatic N) is 2. The van der Waals surface area contributed by atoms with Crippen LogP contribution >= 0.6 is 22.9 Å². The maximum atomic E-state index is 13.0. The van der Waals surface area contributed by atoms with Crippen molar-refractivity contribution in [3.63, 3.8) is 0 Å². The van der Waals surface area contributed by atoms with Gasteiger partial charge in [0, 0.05) is 16.7 Å². The lowest BCUT2D eigenvalue weighted by molar-refractivity contribution is -0.119. The molecule has 0 saturated heterocycles. The molecule has 0 aliphatic rings. The van der Waals surface area contributed by atoms with Gasteiger partial charge in [-0.25, -0.2) is 4.79 Å². The number of anilines is 2. The first-order chi connectivity index (χ1) is 16.3. The maximum absolute atomic E-state index is 13.0. The molecule has 3 rings (SSSR count). The summed E-state index contributed by atoms with van der Waals surface area (Å²) in [5, 5.41) is 17.9. The third-order valence-electron chi connectivity index (χ3n) is 5.17. The van der Waals surface area contributed by atoms with Crippen LogP contribution in [0.25, 0.3) is 10.6 Å². The molecule has 0 aliphatic carbocycles. The third kappa shape index (κ3) is 6.36. The second kappa shape index (κ2) is 11.7. The number of hydrogen-bond acceptors (Lipinski definition) is 7. The van der Waals surface area contributed by atoms with Gasteiger partial charge in [-0.3, -0.25) is 10.1 Å². The summed E-state index contributed by atoms with van der Waals surface area (Å²) in [6.45, 7) is 3.83. The molecule has 0 radical (unpaired) electrons. The Kier molecular flexibility index (Phi) is 8.67. The number of urea groups is 1. The van der Waals surface area contributed by atoms with E-state index in [-0.39, 0.29) is 11.8 Å². The number of amides is 3. The van der Waals surface area contributed by atoms with Crippen LogP contribution in [0.1, 0.15) is 20.3 Å². The quantitative estimate of drug-likeness (QED) is 0.376. The van der Waals surface area contributed by atoms with Crippen molar-refractivity contribution >= 4 is 45.7 Å². The molecule has 0 bridgehead atoms. The first-order valence-electron chi connectivity index (χ1n) is 10.5. The minimum absolute atomic E-state index is 0.135. The van der Waals surface area contributed by atoms with Crippen LogP contribution in [-0.4, -0.2) is 42.4 Å². The van der Waals surface area contributed by atoms with Gasteiger partial charge in [-0.1, -0.05) is 55.3 Å². The van der Waals surface area contributed by atoms with E-state index in [1.54, 1.807) is 37.4 Å². The van der Waals surface area contributed by atoms with Crippen LogP contribution < -0.4 is 25.4 Å². The summed E-state index contributed by atoms with van der Waals surface area (Å²) in [5.41, 5.74) is 1.24. The number of hydrogen-bond donors (Lipinski definition) is 3. The van der Waals surface area contributed by atoms with Gasteiger partial charge in [0.25, 0.3) is 0 Å². The number of rotatable bonds is 9. The van der Waals surface area contributed by atoms with E-state index in [9.17, 15) is 9.59 Å². The fourth-order valence-electron chi connectivity index (χ4n) is 3.10. The molecule has 0 fully saturated rings. The van der Waals surface area contributed by atoms with Crippen LogP contribution in [0.2, 0.25) is 5.02 Å². The van der Waals surface area contributed by atoms with Crippen molar-refractivity contribution in [3.8, 4) is 22.1 Å². The number of ether oxygens (including phenoxy) is 2. The van der Waals surface area contributed by atoms with Crippen molar-refractivity contribution in [3.05, 3.63) is 47.5 Å². The van der Waals surface area contributed by atoms with Gasteiger partial charge in [0.1, 0.15) is 22.5 Å². The molecule has 0 saturated carbocycles. The number of methoxy groups -OCH3 is 2. The molecular weight excluding hydrogens is 478 g/mol. The number of benzene rings is 2. The molecule has 3 amide bonds. The number of aromatic nitrogens is 2. The second-order valence-corrected chi connectivity index (χ2v) is 8.85. The maximum Gasteiger partial charge on any atom is 0.320 e. The lowest BCUT2D eigenvalue weighted by Gasteiger charge is -2.23. The van der Waals surface area contributed by atoms with E-state index in [0.717, 1.165) is 5.56 Å². The fourth-order valence-corrected chi connectivity index (χ4v) is 4.03. The molecule has 180 valence electrons. The molecule has 2 aromatic carbocycles. The summed E-state index contributed by atoms with van der Waals surface area (Å²) in [4.78, 5) is 25.7. The van der Waals surface area contributed by atoms with E-state index < -0.39 is 12.1 Å². The molecule has 3 aromatic rings. The molecule has 11 heteroatoms. The van der Waals surface area contributed by atoms with Crippen LogP contribution in [0.15, 0.2) is 42.5 Å². The van der Waals surface area contributed by atoms with Crippen LogP contribution in [0.4, 0.5) is 15.6 Å². The van der Waals surface area contributed by atoms with Crippen molar-refractivity contribution in [1.82, 2.24) is 15.5 Å². The van der Waals surface area contributed by atoms with Crippen molar-refractivity contribution < 1.29 is 19.1 Å². The molecule has 2 atom stereocenters. The Morgan fingerprint density at radius 2 is 1.88 bits per heavy atom. The van der Waals surface area contributed by atoms with E-state index in [0.29, 0.717) is 38.8 Å². The van der Waals surface area contributed by atoms with Crippen LogP contribution in [0.3, 0.4) is 0 Å². The van der Waals surface area contributed by atoms with Gasteiger partial charge < -0.3 is 20.1 Å². The second-order valence-electron chi connectivity index (χ2n) is 7.44. The molecule has 2 unspecified atom stereocenters. The Morgan fingerprint density at radius 1 is 1.09 bits per heavy atom. The Morgan fingerprint density at radius 3 is 2.56 bits per heavy atom. The van der Waals surface area contributed by atoms with Gasteiger partial charge in [0.15, 0.2) is 0 Å². The van der Waals surface area contributed by atoms with E-state index in [1.807, 2.05) is 26.0 Å². The first-order valence-corrected chi connectivity index (χ1v) is 11.7. The van der Waals surface area contributed by atoms with Crippen molar-refractivity contribution in [2.24, 2.45) is 5.92 Å². The summed E-state index contributed by atoms with van der Waals surface area (Å²) in [6.07, 6.45) is 0.675. The standard InChI is InChI=1S/C23H26ClN5O4S/c1-5-13(2)19(26-22(31)25-17-10-9-16(32-3)12-18(17)33-4)20(30)27-23-29-28-21(34-23)14-7-6-8-15(24)11-14/h6-13,19H,5H2,1-4H3,(H2,25,26,31)(H,27,29,30). The third-order valence-corrected chi connectivity index (χ3v) is 6.29. The molecular formula is C23H26ClN5O4S. The summed E-state index contributed by atoms with van der Waals surface area (Å²) in [6, 6.07) is 10.9. The zero-order chi connectivity index (χ0) is 24.7. The van der Waals surface area contributed by atoms with Gasteiger partial charge in [0.05, 0.1) is 19.9 Å². The van der Waals surface area contributed by atoms with E-state index in [2.05, 4.69) is 26.1 Å². The molecule has 9 nitrogen and oxygen atoms in total. The van der Waals surface area contributed by atoms with E-state index in [4.69, 9.17) is 21.1 Å². The highest BCUT2D eigenvalue weighted by Gasteiger charge is 2.27. The molecule has 3 N–H and O–H groups in total. The average molecular weight is 504 g/mol. The highest BCUT2D eigenvalue weighted by Crippen LogP contribution is 2.30. The Balaban J connectivity index is 1.70. The Labute approximate surface area is 206 Å². The molecule has 0 spiro atoms. The number of nitrogens with one attached hydrogen (secondary N) is 3. The molecule has 0 aliphatic heterocycles. The SMILES string of the molecule is CCC(C)C(NC(=O)Nc1ccc(OC)cc1OC)C(=O)Nc1nnc(-c2cccc(Cl)c2)s1. The van der Waals surface area contributed by atoms with Gasteiger partial charge in [-0.15, -0.1) is 10.2 Å². The number of halogens is 1. The van der Waals surface area contributed by atoms with E-state index in [1.165, 1.54) is 18.4 Å². The zero-order valence-corrected chi connectivity index (χ0v) is 20.8. The lowest BCUT2D eigenvalue weighted by Crippen LogP contribution is -2.49. The Bertz CT molecular complexity index is 1160. The van der Waals surface area contributed by atoms with Gasteiger partial charge in [0.2, 0.25) is 11.0 Å². The number of carbonyl (C=O) groups excluding carboxylic acids is 2. The van der Waals surface area contributed by atoms with Crippen LogP contribution in [0.5, 0.6) is 11.5 Å². The lowest BCUT2D eigenvalue weighted by atomic mass is 9.98. The van der Waals surface area contributed by atoms with Crippen molar-refractivity contribution in [1.29, 1.82) is 0 Å². The van der Waals surface area contributed by atoms with Gasteiger partial charge in [-0.2, -0.15) is 0 Å². The Hall–Kier alpha value is -3.37. The number of carbonyl (C=O) groups is 2. The van der Waals surface area contributed by atoms with Crippen molar-refractivity contribution in [2.75, 3.05) is 24.9 Å². The molecule has 1 aromatic heterocycles. The topological polar surface area (TPSA) is 114 Å². The van der Waals surface area contributed by atoms with E-state index >= 15 is 0 Å². The average Bonchev–Trinajstić information content (AvgIpc) is 3.30. The van der Waals surface area contributed by atoms with Gasteiger partial charge in [-0.05, 0) is 30.2 Å². The highest BCUT2D eigenvalue weighted by atomic mass is 35.5. The van der Waals surface area contributed by atoms with Crippen LogP contribution in [-0.2, 0) is 4.79 Å². The minimum Gasteiger partial charge on any atom is -0.497 e. The van der Waals surface area contributed by atoms with Crippen LogP contribution in [0, 0.1) is 5.92 Å². The minimum atomic E-state index is -0.798. The predicted molar refractivity (Wildman–Crippen MR) is 134 cm³/mol. The highest BCUT2D eigenvalue weighted by molar-refractivity contribution is 7.18. The smallest absolute Gasteiger partial charge is 0.320 e. The summed E-state index contributed by atoms with van der Waals surface area (Å²) in [5.74, 6) is 0.499. The molecule has 34 heavy (non-hydrogen) atoms. The molecule has 1 heterocycles. The summed E-state index contributed by atoms with van der Waals surface area (Å²) >= 11 is 7.27. The van der Waals surface area contributed by atoms with Crippen molar-refractivity contribution in [2.45, 2.75) is 26.3 Å². The zero-order valence-electron chi connectivity index (χ0n) is 19.2. The summed E-state index contributed by atoms with van der Waals surface area (Å²) < 4.78 is 10.5. The van der Waals surface area contributed by atoms with Gasteiger partial charge >= 0.3 is 6.03 Å².